The monoisotopic (exact) mass is 303 g/mol. The first-order valence-electron chi connectivity index (χ1n) is 7.57. The number of methoxy groups -OCH3 is 1. The minimum atomic E-state index is 0.446. The van der Waals surface area contributed by atoms with E-state index in [0.29, 0.717) is 6.04 Å². The van der Waals surface area contributed by atoms with E-state index in [1.54, 1.807) is 7.11 Å². The van der Waals surface area contributed by atoms with Gasteiger partial charge in [-0.25, -0.2) is 0 Å². The fourth-order valence-electron chi connectivity index (χ4n) is 2.71. The van der Waals surface area contributed by atoms with Gasteiger partial charge in [0.2, 0.25) is 0 Å². The van der Waals surface area contributed by atoms with Crippen LogP contribution in [0.1, 0.15) is 40.3 Å². The molecule has 0 radical (unpaired) electrons. The molecule has 2 aromatic rings. The lowest BCUT2D eigenvalue weighted by Crippen LogP contribution is -2.21. The van der Waals surface area contributed by atoms with Crippen LogP contribution in [0.3, 0.4) is 0 Å². The number of ether oxygens (including phenoxy) is 1. The first-order valence-corrected chi connectivity index (χ1v) is 8.39. The summed E-state index contributed by atoms with van der Waals surface area (Å²) in [5, 5.41) is 3.63. The standard InChI is InChI=1S/C18H25NOS/c1-5-19-18(17-12-13(2)21-14(17)3)11-8-15-6-9-16(20-4)10-7-15/h6-7,9-10,12,18-19H,5,8,11H2,1-4H3. The van der Waals surface area contributed by atoms with Crippen molar-refractivity contribution in [2.45, 2.75) is 39.7 Å². The van der Waals surface area contributed by atoms with Crippen molar-refractivity contribution in [3.05, 3.63) is 51.2 Å². The maximum atomic E-state index is 5.21. The molecule has 1 unspecified atom stereocenters. The minimum absolute atomic E-state index is 0.446. The van der Waals surface area contributed by atoms with Gasteiger partial charge in [0.15, 0.2) is 0 Å². The van der Waals surface area contributed by atoms with Crippen molar-refractivity contribution in [2.75, 3.05) is 13.7 Å². The Balaban J connectivity index is 2.04. The Morgan fingerprint density at radius 2 is 1.90 bits per heavy atom. The van der Waals surface area contributed by atoms with Gasteiger partial charge in [-0.15, -0.1) is 11.3 Å². The third-order valence-electron chi connectivity index (χ3n) is 3.79. The predicted octanol–water partition coefficient (Wildman–Crippen LogP) is 4.66. The van der Waals surface area contributed by atoms with Crippen LogP contribution in [-0.2, 0) is 6.42 Å². The Hall–Kier alpha value is -1.32. The normalized spacial score (nSPS) is 12.4. The van der Waals surface area contributed by atoms with Crippen LogP contribution in [0.5, 0.6) is 5.75 Å². The molecule has 0 bridgehead atoms. The Kier molecular flexibility index (Phi) is 5.83. The Morgan fingerprint density at radius 3 is 2.43 bits per heavy atom. The van der Waals surface area contributed by atoms with Crippen molar-refractivity contribution in [1.82, 2.24) is 5.32 Å². The number of hydrogen-bond acceptors (Lipinski definition) is 3. The van der Waals surface area contributed by atoms with Gasteiger partial charge in [-0.1, -0.05) is 19.1 Å². The lowest BCUT2D eigenvalue weighted by atomic mass is 9.99. The lowest BCUT2D eigenvalue weighted by molar-refractivity contribution is 0.414. The van der Waals surface area contributed by atoms with Crippen LogP contribution in [0.2, 0.25) is 0 Å². The van der Waals surface area contributed by atoms with Crippen molar-refractivity contribution >= 4 is 11.3 Å². The molecule has 0 aliphatic carbocycles. The fraction of sp³-hybridized carbons (Fsp3) is 0.444. The largest absolute Gasteiger partial charge is 0.497 e. The Morgan fingerprint density at radius 1 is 1.19 bits per heavy atom. The zero-order chi connectivity index (χ0) is 15.2. The van der Waals surface area contributed by atoms with Gasteiger partial charge in [-0.05, 0) is 62.6 Å². The average Bonchev–Trinajstić information content (AvgIpc) is 2.82. The molecule has 0 aliphatic heterocycles. The van der Waals surface area contributed by atoms with E-state index in [9.17, 15) is 0 Å². The SMILES string of the molecule is CCNC(CCc1ccc(OC)cc1)c1cc(C)sc1C. The second-order valence-electron chi connectivity index (χ2n) is 5.37. The van der Waals surface area contributed by atoms with E-state index in [-0.39, 0.29) is 0 Å². The molecule has 0 spiro atoms. The number of hydrogen-bond donors (Lipinski definition) is 1. The lowest BCUT2D eigenvalue weighted by Gasteiger charge is -2.18. The van der Waals surface area contributed by atoms with Crippen LogP contribution in [0.15, 0.2) is 30.3 Å². The van der Waals surface area contributed by atoms with Gasteiger partial charge >= 0.3 is 0 Å². The van der Waals surface area contributed by atoms with E-state index < -0.39 is 0 Å². The summed E-state index contributed by atoms with van der Waals surface area (Å²) in [6.07, 6.45) is 2.20. The van der Waals surface area contributed by atoms with Crippen molar-refractivity contribution in [3.8, 4) is 5.75 Å². The highest BCUT2D eigenvalue weighted by atomic mass is 32.1. The van der Waals surface area contributed by atoms with E-state index in [1.165, 1.54) is 20.9 Å². The van der Waals surface area contributed by atoms with Gasteiger partial charge in [0.05, 0.1) is 7.11 Å². The average molecular weight is 303 g/mol. The summed E-state index contributed by atoms with van der Waals surface area (Å²) in [4.78, 5) is 2.84. The first-order chi connectivity index (χ1) is 10.1. The summed E-state index contributed by atoms with van der Waals surface area (Å²) in [6.45, 7) is 7.59. The van der Waals surface area contributed by atoms with Crippen LogP contribution in [0.4, 0.5) is 0 Å². The van der Waals surface area contributed by atoms with E-state index in [0.717, 1.165) is 25.1 Å². The minimum Gasteiger partial charge on any atom is -0.497 e. The third kappa shape index (κ3) is 4.32. The van der Waals surface area contributed by atoms with E-state index in [4.69, 9.17) is 4.74 Å². The van der Waals surface area contributed by atoms with Gasteiger partial charge in [-0.3, -0.25) is 0 Å². The quantitative estimate of drug-likeness (QED) is 0.803. The highest BCUT2D eigenvalue weighted by molar-refractivity contribution is 7.12. The number of thiophene rings is 1. The number of aryl methyl sites for hydroxylation is 3. The molecular formula is C18H25NOS. The fourth-order valence-corrected chi connectivity index (χ4v) is 3.70. The zero-order valence-electron chi connectivity index (χ0n) is 13.4. The maximum absolute atomic E-state index is 5.21. The molecule has 1 aromatic heterocycles. The van der Waals surface area contributed by atoms with Crippen molar-refractivity contribution in [1.29, 1.82) is 0 Å². The summed E-state index contributed by atoms with van der Waals surface area (Å²) >= 11 is 1.89. The molecule has 0 amide bonds. The first kappa shape index (κ1) is 16.1. The molecule has 1 aromatic carbocycles. The van der Waals surface area contributed by atoms with Crippen LogP contribution >= 0.6 is 11.3 Å². The van der Waals surface area contributed by atoms with Crippen LogP contribution < -0.4 is 10.1 Å². The van der Waals surface area contributed by atoms with E-state index in [1.807, 2.05) is 23.5 Å². The molecule has 21 heavy (non-hydrogen) atoms. The smallest absolute Gasteiger partial charge is 0.118 e. The van der Waals surface area contributed by atoms with Crippen molar-refractivity contribution in [3.63, 3.8) is 0 Å². The molecule has 2 rings (SSSR count). The Bertz CT molecular complexity index is 559. The van der Waals surface area contributed by atoms with Gasteiger partial charge in [0.25, 0.3) is 0 Å². The summed E-state index contributed by atoms with van der Waals surface area (Å²) in [7, 11) is 1.71. The molecule has 1 N–H and O–H groups in total. The molecule has 0 saturated heterocycles. The summed E-state index contributed by atoms with van der Waals surface area (Å²) in [6, 6.07) is 11.2. The summed E-state index contributed by atoms with van der Waals surface area (Å²) < 4.78 is 5.21. The second kappa shape index (κ2) is 7.62. The highest BCUT2D eigenvalue weighted by Crippen LogP contribution is 2.29. The molecule has 0 aliphatic rings. The van der Waals surface area contributed by atoms with Crippen LogP contribution in [0.25, 0.3) is 0 Å². The van der Waals surface area contributed by atoms with E-state index in [2.05, 4.69) is 44.3 Å². The molecule has 3 heteroatoms. The third-order valence-corrected chi connectivity index (χ3v) is 4.77. The molecule has 0 fully saturated rings. The van der Waals surface area contributed by atoms with Crippen molar-refractivity contribution in [2.24, 2.45) is 0 Å². The number of rotatable bonds is 7. The summed E-state index contributed by atoms with van der Waals surface area (Å²) in [5.41, 5.74) is 2.83. The Labute approximate surface area is 132 Å². The zero-order valence-corrected chi connectivity index (χ0v) is 14.2. The summed E-state index contributed by atoms with van der Waals surface area (Å²) in [5.74, 6) is 0.922. The van der Waals surface area contributed by atoms with Crippen LogP contribution in [0, 0.1) is 13.8 Å². The highest BCUT2D eigenvalue weighted by Gasteiger charge is 2.15. The van der Waals surface area contributed by atoms with Crippen LogP contribution in [-0.4, -0.2) is 13.7 Å². The van der Waals surface area contributed by atoms with Gasteiger partial charge < -0.3 is 10.1 Å². The van der Waals surface area contributed by atoms with Gasteiger partial charge in [0, 0.05) is 15.8 Å². The second-order valence-corrected chi connectivity index (χ2v) is 6.83. The molecule has 114 valence electrons. The number of benzene rings is 1. The molecule has 1 heterocycles. The predicted molar refractivity (Wildman–Crippen MR) is 91.5 cm³/mol. The number of nitrogens with one attached hydrogen (secondary N) is 1. The van der Waals surface area contributed by atoms with Crippen molar-refractivity contribution < 1.29 is 4.74 Å². The van der Waals surface area contributed by atoms with E-state index >= 15 is 0 Å². The molecule has 2 nitrogen and oxygen atoms in total. The van der Waals surface area contributed by atoms with Gasteiger partial charge in [0.1, 0.15) is 5.75 Å². The molecular weight excluding hydrogens is 278 g/mol. The molecule has 0 saturated carbocycles. The maximum Gasteiger partial charge on any atom is 0.118 e. The van der Waals surface area contributed by atoms with Gasteiger partial charge in [-0.2, -0.15) is 0 Å². The molecule has 1 atom stereocenters. The topological polar surface area (TPSA) is 21.3 Å².